The first-order valence-corrected chi connectivity index (χ1v) is 9.51. The Morgan fingerprint density at radius 1 is 1.19 bits per heavy atom. The van der Waals surface area contributed by atoms with E-state index in [0.717, 1.165) is 37.9 Å². The third kappa shape index (κ3) is 2.27. The Kier molecular flexibility index (Phi) is 3.54. The summed E-state index contributed by atoms with van der Waals surface area (Å²) in [5, 5.41) is 4.76. The van der Waals surface area contributed by atoms with Gasteiger partial charge >= 0.3 is 0 Å². The van der Waals surface area contributed by atoms with Crippen LogP contribution in [0.4, 0.5) is 0 Å². The monoisotopic (exact) mass is 349 g/mol. The Morgan fingerprint density at radius 2 is 2.00 bits per heavy atom. The van der Waals surface area contributed by atoms with E-state index in [9.17, 15) is 9.59 Å². The second-order valence-corrected chi connectivity index (χ2v) is 7.67. The fourth-order valence-corrected chi connectivity index (χ4v) is 4.81. The smallest absolute Gasteiger partial charge is 0.230 e. The Balaban J connectivity index is 1.60. The van der Waals surface area contributed by atoms with Crippen molar-refractivity contribution < 1.29 is 9.59 Å². The first-order valence-electron chi connectivity index (χ1n) is 9.51. The highest BCUT2D eigenvalue weighted by Crippen LogP contribution is 2.39. The predicted molar refractivity (Wildman–Crippen MR) is 101 cm³/mol. The number of rotatable bonds is 1. The summed E-state index contributed by atoms with van der Waals surface area (Å²) < 4.78 is 1.75. The lowest BCUT2D eigenvalue weighted by atomic mass is 9.80. The summed E-state index contributed by atoms with van der Waals surface area (Å²) in [6, 6.07) is 6.36. The van der Waals surface area contributed by atoms with E-state index < -0.39 is 0 Å². The molecular formula is C21H23N3O2. The topological polar surface area (TPSA) is 54.3 Å². The van der Waals surface area contributed by atoms with Crippen molar-refractivity contribution in [2.24, 2.45) is 5.92 Å². The molecule has 1 aliphatic carbocycles. The van der Waals surface area contributed by atoms with Gasteiger partial charge in [0.2, 0.25) is 11.8 Å². The van der Waals surface area contributed by atoms with Gasteiger partial charge in [-0.15, -0.1) is 0 Å². The van der Waals surface area contributed by atoms with Crippen molar-refractivity contribution in [3.63, 3.8) is 0 Å². The third-order valence-corrected chi connectivity index (χ3v) is 6.06. The van der Waals surface area contributed by atoms with Gasteiger partial charge in [-0.2, -0.15) is 0 Å². The highest BCUT2D eigenvalue weighted by molar-refractivity contribution is 6.03. The van der Waals surface area contributed by atoms with E-state index >= 15 is 0 Å². The molecule has 5 heteroatoms. The average Bonchev–Trinajstić information content (AvgIpc) is 3.30. The van der Waals surface area contributed by atoms with Crippen molar-refractivity contribution in [2.75, 3.05) is 19.6 Å². The molecule has 2 aromatic rings. The minimum atomic E-state index is -0.0916. The van der Waals surface area contributed by atoms with E-state index in [0.29, 0.717) is 6.54 Å². The Bertz CT molecular complexity index is 950. The molecule has 1 aromatic carbocycles. The van der Waals surface area contributed by atoms with Gasteiger partial charge in [0.1, 0.15) is 0 Å². The van der Waals surface area contributed by atoms with Crippen LogP contribution in [0.5, 0.6) is 0 Å². The first-order chi connectivity index (χ1) is 12.6. The van der Waals surface area contributed by atoms with Gasteiger partial charge in [-0.1, -0.05) is 18.2 Å². The molecule has 3 heterocycles. The van der Waals surface area contributed by atoms with Crippen molar-refractivity contribution in [2.45, 2.75) is 32.2 Å². The molecule has 0 radical (unpaired) electrons. The number of hydrogen-bond acceptors (Lipinski definition) is 3. The molecule has 2 atom stereocenters. The molecule has 5 nitrogen and oxygen atoms in total. The van der Waals surface area contributed by atoms with E-state index in [1.54, 1.807) is 11.5 Å². The third-order valence-electron chi connectivity index (χ3n) is 6.06. The molecule has 0 unspecified atom stereocenters. The van der Waals surface area contributed by atoms with Crippen LogP contribution in [-0.2, 0) is 11.2 Å². The number of carbonyl (C=O) groups excluding carboxylic acids is 2. The van der Waals surface area contributed by atoms with Crippen LogP contribution in [0.1, 0.15) is 35.7 Å². The number of nitrogens with one attached hydrogen (secondary N) is 1. The summed E-state index contributed by atoms with van der Waals surface area (Å²) in [6.07, 6.45) is 7.27. The van der Waals surface area contributed by atoms with E-state index in [1.807, 2.05) is 23.2 Å². The van der Waals surface area contributed by atoms with Crippen LogP contribution in [0, 0.1) is 5.92 Å². The Hall–Kier alpha value is -2.40. The molecule has 1 amide bonds. The van der Waals surface area contributed by atoms with E-state index in [4.69, 9.17) is 0 Å². The molecule has 1 N–H and O–H groups in total. The second-order valence-electron chi connectivity index (χ2n) is 7.67. The number of likely N-dealkylation sites (tertiary alicyclic amines) is 1. The Labute approximate surface area is 152 Å². The van der Waals surface area contributed by atoms with Gasteiger partial charge in [0, 0.05) is 44.2 Å². The maximum atomic E-state index is 12.8. The average molecular weight is 349 g/mol. The van der Waals surface area contributed by atoms with Gasteiger partial charge in [0.25, 0.3) is 0 Å². The lowest BCUT2D eigenvalue weighted by molar-refractivity contribution is -0.132. The van der Waals surface area contributed by atoms with Crippen molar-refractivity contribution in [3.8, 4) is 0 Å². The number of benzene rings is 1. The number of nitrogens with zero attached hydrogens (tertiary/aromatic N) is 2. The molecule has 2 aliphatic heterocycles. The summed E-state index contributed by atoms with van der Waals surface area (Å²) in [7, 11) is 0. The molecule has 1 saturated heterocycles. The van der Waals surface area contributed by atoms with Crippen molar-refractivity contribution >= 4 is 28.3 Å². The van der Waals surface area contributed by atoms with Crippen LogP contribution in [0.25, 0.3) is 16.5 Å². The SMILES string of the molecule is CC(=O)n1cc2c3c(cccc31)C1=C[C@@H](C(=O)N3CCCC3)CN[C@@H]1C2. The quantitative estimate of drug-likeness (QED) is 0.860. The van der Waals surface area contributed by atoms with Gasteiger partial charge in [0.05, 0.1) is 11.4 Å². The van der Waals surface area contributed by atoms with Crippen molar-refractivity contribution in [1.82, 2.24) is 14.8 Å². The van der Waals surface area contributed by atoms with Crippen LogP contribution in [0.15, 0.2) is 30.5 Å². The number of hydrogen-bond donors (Lipinski definition) is 1. The van der Waals surface area contributed by atoms with Crippen LogP contribution in [0.2, 0.25) is 0 Å². The summed E-state index contributed by atoms with van der Waals surface area (Å²) in [6.45, 7) is 4.08. The molecular weight excluding hydrogens is 326 g/mol. The molecule has 1 fully saturated rings. The zero-order chi connectivity index (χ0) is 17.8. The van der Waals surface area contributed by atoms with Crippen LogP contribution in [-0.4, -0.2) is 47.0 Å². The van der Waals surface area contributed by atoms with Gasteiger partial charge < -0.3 is 10.2 Å². The standard InChI is InChI=1S/C21H23N3O2/c1-13(25)24-12-15-10-18-17(16-5-4-6-19(24)20(15)16)9-14(11-22-18)21(26)23-7-2-3-8-23/h4-6,9,12,14,18,22H,2-3,7-8,10-11H2,1H3/t14-,18-/m1/s1. The van der Waals surface area contributed by atoms with E-state index in [2.05, 4.69) is 17.5 Å². The zero-order valence-electron chi connectivity index (χ0n) is 15.0. The molecule has 1 aromatic heterocycles. The normalized spacial score (nSPS) is 24.5. The number of aromatic nitrogens is 1. The minimum Gasteiger partial charge on any atom is -0.342 e. The number of amides is 1. The van der Waals surface area contributed by atoms with Crippen LogP contribution in [0.3, 0.4) is 0 Å². The first kappa shape index (κ1) is 15.8. The molecule has 134 valence electrons. The van der Waals surface area contributed by atoms with Crippen LogP contribution < -0.4 is 5.32 Å². The zero-order valence-corrected chi connectivity index (χ0v) is 15.0. The molecule has 0 spiro atoms. The molecule has 3 aliphatic rings. The molecule has 0 bridgehead atoms. The maximum absolute atomic E-state index is 12.8. The second kappa shape index (κ2) is 5.81. The number of carbonyl (C=O) groups is 2. The minimum absolute atomic E-state index is 0.0345. The largest absolute Gasteiger partial charge is 0.342 e. The van der Waals surface area contributed by atoms with Crippen molar-refractivity contribution in [3.05, 3.63) is 41.6 Å². The molecule has 0 saturated carbocycles. The summed E-state index contributed by atoms with van der Waals surface area (Å²) in [4.78, 5) is 26.9. The summed E-state index contributed by atoms with van der Waals surface area (Å²) in [5.41, 5.74) is 4.57. The fourth-order valence-electron chi connectivity index (χ4n) is 4.81. The van der Waals surface area contributed by atoms with Crippen molar-refractivity contribution in [1.29, 1.82) is 0 Å². The van der Waals surface area contributed by atoms with E-state index in [1.165, 1.54) is 22.1 Å². The summed E-state index contributed by atoms with van der Waals surface area (Å²) >= 11 is 0. The Morgan fingerprint density at radius 3 is 2.77 bits per heavy atom. The summed E-state index contributed by atoms with van der Waals surface area (Å²) in [5.74, 6) is 0.193. The number of fused-ring (bicyclic) bond motifs is 2. The maximum Gasteiger partial charge on any atom is 0.230 e. The van der Waals surface area contributed by atoms with Gasteiger partial charge in [-0.3, -0.25) is 14.2 Å². The van der Waals surface area contributed by atoms with E-state index in [-0.39, 0.29) is 23.8 Å². The highest BCUT2D eigenvalue weighted by atomic mass is 16.2. The molecule has 5 rings (SSSR count). The van der Waals surface area contributed by atoms with Crippen LogP contribution >= 0.6 is 0 Å². The van der Waals surface area contributed by atoms with Gasteiger partial charge in [-0.05, 0) is 42.0 Å². The molecule has 26 heavy (non-hydrogen) atoms. The lowest BCUT2D eigenvalue weighted by Crippen LogP contribution is -2.46. The lowest BCUT2D eigenvalue weighted by Gasteiger charge is -2.34. The van der Waals surface area contributed by atoms with Gasteiger partial charge in [-0.25, -0.2) is 0 Å². The fraction of sp³-hybridized carbons (Fsp3) is 0.429. The predicted octanol–water partition coefficient (Wildman–Crippen LogP) is 2.45. The van der Waals surface area contributed by atoms with Gasteiger partial charge in [0.15, 0.2) is 0 Å². The highest BCUT2D eigenvalue weighted by Gasteiger charge is 2.34.